The van der Waals surface area contributed by atoms with Gasteiger partial charge in [0.1, 0.15) is 0 Å². The summed E-state index contributed by atoms with van der Waals surface area (Å²) in [6.07, 6.45) is 3.14. The number of halogens is 1. The molecule has 1 N–H and O–H groups in total. The van der Waals surface area contributed by atoms with Crippen LogP contribution in [0.3, 0.4) is 0 Å². The standard InChI is InChI=1S/C21H18ClN3O4/c22-17-9-7-16(8-10-17)21-24-19(29-25-21)14-28-20(27)12-13-23-18(26)11-6-15-4-2-1-3-5-15/h1-11H,12-14H2,(H,23,26)/b11-6+. The van der Waals surface area contributed by atoms with E-state index in [2.05, 4.69) is 15.5 Å². The van der Waals surface area contributed by atoms with E-state index in [9.17, 15) is 9.59 Å². The molecule has 1 aromatic heterocycles. The number of carbonyl (C=O) groups is 2. The maximum Gasteiger partial charge on any atom is 0.308 e. The summed E-state index contributed by atoms with van der Waals surface area (Å²) in [5.74, 6) is -0.210. The van der Waals surface area contributed by atoms with Crippen LogP contribution in [0.1, 0.15) is 17.9 Å². The number of nitrogens with zero attached hydrogens (tertiary/aromatic N) is 2. The van der Waals surface area contributed by atoms with E-state index >= 15 is 0 Å². The lowest BCUT2D eigenvalue weighted by atomic mass is 10.2. The number of esters is 1. The summed E-state index contributed by atoms with van der Waals surface area (Å²) in [5, 5.41) is 7.07. The van der Waals surface area contributed by atoms with E-state index < -0.39 is 5.97 Å². The molecule has 0 saturated carbocycles. The molecule has 7 nitrogen and oxygen atoms in total. The Bertz CT molecular complexity index is 985. The minimum atomic E-state index is -0.483. The molecule has 0 aliphatic carbocycles. The van der Waals surface area contributed by atoms with E-state index in [1.54, 1.807) is 30.3 Å². The van der Waals surface area contributed by atoms with Crippen LogP contribution >= 0.6 is 11.6 Å². The van der Waals surface area contributed by atoms with E-state index in [-0.39, 0.29) is 31.4 Å². The molecule has 3 aromatic rings. The van der Waals surface area contributed by atoms with Gasteiger partial charge in [-0.05, 0) is 35.9 Å². The van der Waals surface area contributed by atoms with Crippen molar-refractivity contribution in [3.63, 3.8) is 0 Å². The summed E-state index contributed by atoms with van der Waals surface area (Å²) < 4.78 is 10.1. The minimum Gasteiger partial charge on any atom is -0.456 e. The van der Waals surface area contributed by atoms with Gasteiger partial charge < -0.3 is 14.6 Å². The molecule has 0 atom stereocenters. The van der Waals surface area contributed by atoms with Gasteiger partial charge in [-0.25, -0.2) is 0 Å². The molecule has 0 aliphatic rings. The first-order chi connectivity index (χ1) is 14.1. The number of nitrogens with one attached hydrogen (secondary N) is 1. The zero-order valence-corrected chi connectivity index (χ0v) is 16.1. The normalized spacial score (nSPS) is 10.8. The Labute approximate surface area is 172 Å². The molecule has 29 heavy (non-hydrogen) atoms. The van der Waals surface area contributed by atoms with Crippen LogP contribution in [0.25, 0.3) is 17.5 Å². The Kier molecular flexibility index (Phi) is 7.13. The third-order valence-electron chi connectivity index (χ3n) is 3.78. The molecule has 8 heteroatoms. The predicted molar refractivity (Wildman–Crippen MR) is 108 cm³/mol. The fraction of sp³-hybridized carbons (Fsp3) is 0.143. The lowest BCUT2D eigenvalue weighted by Gasteiger charge is -2.03. The van der Waals surface area contributed by atoms with Crippen LogP contribution in [-0.4, -0.2) is 28.6 Å². The highest BCUT2D eigenvalue weighted by molar-refractivity contribution is 6.30. The molecule has 0 bridgehead atoms. The molecule has 3 rings (SSSR count). The van der Waals surface area contributed by atoms with E-state index in [1.807, 2.05) is 30.3 Å². The smallest absolute Gasteiger partial charge is 0.308 e. The Morgan fingerprint density at radius 3 is 2.62 bits per heavy atom. The molecular weight excluding hydrogens is 394 g/mol. The molecule has 0 radical (unpaired) electrons. The second kappa shape index (κ2) is 10.2. The Morgan fingerprint density at radius 2 is 1.86 bits per heavy atom. The summed E-state index contributed by atoms with van der Waals surface area (Å²) >= 11 is 5.84. The SMILES string of the molecule is O=C(/C=C/c1ccccc1)NCCC(=O)OCc1nc(-c2ccc(Cl)cc2)no1. The summed E-state index contributed by atoms with van der Waals surface area (Å²) in [6.45, 7) is 0.0257. The van der Waals surface area contributed by atoms with Crippen molar-refractivity contribution in [1.82, 2.24) is 15.5 Å². The van der Waals surface area contributed by atoms with Gasteiger partial charge in [0.2, 0.25) is 11.7 Å². The van der Waals surface area contributed by atoms with Crippen LogP contribution in [0, 0.1) is 0 Å². The van der Waals surface area contributed by atoms with Gasteiger partial charge in [0.15, 0.2) is 6.61 Å². The first-order valence-electron chi connectivity index (χ1n) is 8.85. The summed E-state index contributed by atoms with van der Waals surface area (Å²) in [5.41, 5.74) is 1.65. The maximum atomic E-state index is 11.8. The van der Waals surface area contributed by atoms with Crippen molar-refractivity contribution >= 4 is 29.6 Å². The van der Waals surface area contributed by atoms with E-state index in [1.165, 1.54) is 6.08 Å². The van der Waals surface area contributed by atoms with Crippen LogP contribution in [0.2, 0.25) is 5.02 Å². The van der Waals surface area contributed by atoms with E-state index in [4.69, 9.17) is 20.9 Å². The number of benzene rings is 2. The monoisotopic (exact) mass is 411 g/mol. The van der Waals surface area contributed by atoms with Crippen LogP contribution in [0.15, 0.2) is 65.2 Å². The van der Waals surface area contributed by atoms with Crippen molar-refractivity contribution in [2.24, 2.45) is 0 Å². The third kappa shape index (κ3) is 6.58. The summed E-state index contributed by atoms with van der Waals surface area (Å²) in [6, 6.07) is 16.4. The third-order valence-corrected chi connectivity index (χ3v) is 4.03. The molecule has 0 unspecified atom stereocenters. The Balaban J connectivity index is 1.37. The molecule has 0 saturated heterocycles. The number of amides is 1. The van der Waals surface area contributed by atoms with Gasteiger partial charge in [0.05, 0.1) is 6.42 Å². The van der Waals surface area contributed by atoms with Crippen molar-refractivity contribution < 1.29 is 18.8 Å². The van der Waals surface area contributed by atoms with Gasteiger partial charge in [0, 0.05) is 23.2 Å². The lowest BCUT2D eigenvalue weighted by Crippen LogP contribution is -2.24. The van der Waals surface area contributed by atoms with Gasteiger partial charge in [-0.2, -0.15) is 4.98 Å². The number of carbonyl (C=O) groups excluding carboxylic acids is 2. The second-order valence-electron chi connectivity index (χ2n) is 5.96. The highest BCUT2D eigenvalue weighted by Crippen LogP contribution is 2.18. The molecule has 0 spiro atoms. The van der Waals surface area contributed by atoms with Crippen LogP contribution in [0.5, 0.6) is 0 Å². The largest absolute Gasteiger partial charge is 0.456 e. The molecule has 1 heterocycles. The van der Waals surface area contributed by atoms with Gasteiger partial charge in [0.25, 0.3) is 5.89 Å². The molecule has 0 fully saturated rings. The van der Waals surface area contributed by atoms with Gasteiger partial charge in [-0.3, -0.25) is 9.59 Å². The van der Waals surface area contributed by atoms with Crippen molar-refractivity contribution in [1.29, 1.82) is 0 Å². The molecular formula is C21H18ClN3O4. The lowest BCUT2D eigenvalue weighted by molar-refractivity contribution is -0.145. The van der Waals surface area contributed by atoms with Crippen LogP contribution < -0.4 is 5.32 Å². The van der Waals surface area contributed by atoms with Crippen molar-refractivity contribution in [2.45, 2.75) is 13.0 Å². The molecule has 2 aromatic carbocycles. The van der Waals surface area contributed by atoms with Crippen molar-refractivity contribution in [3.05, 3.63) is 77.2 Å². The number of hydrogen-bond donors (Lipinski definition) is 1. The van der Waals surface area contributed by atoms with Gasteiger partial charge >= 0.3 is 5.97 Å². The molecule has 0 aliphatic heterocycles. The second-order valence-corrected chi connectivity index (χ2v) is 6.40. The molecule has 1 amide bonds. The number of rotatable bonds is 8. The minimum absolute atomic E-state index is 0.0308. The first kappa shape index (κ1) is 20.3. The predicted octanol–water partition coefficient (Wildman–Crippen LogP) is 3.65. The van der Waals surface area contributed by atoms with Crippen molar-refractivity contribution in [3.8, 4) is 11.4 Å². The van der Waals surface area contributed by atoms with Crippen molar-refractivity contribution in [2.75, 3.05) is 6.54 Å². The fourth-order valence-electron chi connectivity index (χ4n) is 2.33. The zero-order valence-electron chi connectivity index (χ0n) is 15.4. The quantitative estimate of drug-likeness (QED) is 0.449. The van der Waals surface area contributed by atoms with E-state index in [0.29, 0.717) is 10.8 Å². The van der Waals surface area contributed by atoms with Gasteiger partial charge in [-0.15, -0.1) is 0 Å². The fourth-order valence-corrected chi connectivity index (χ4v) is 2.45. The number of hydrogen-bond acceptors (Lipinski definition) is 6. The average molecular weight is 412 g/mol. The average Bonchev–Trinajstić information content (AvgIpc) is 3.21. The van der Waals surface area contributed by atoms with Gasteiger partial charge in [-0.1, -0.05) is 47.1 Å². The Hall–Kier alpha value is -3.45. The molecule has 148 valence electrons. The number of aromatic nitrogens is 2. The first-order valence-corrected chi connectivity index (χ1v) is 9.23. The van der Waals surface area contributed by atoms with Crippen LogP contribution in [0.4, 0.5) is 0 Å². The highest BCUT2D eigenvalue weighted by Gasteiger charge is 2.11. The Morgan fingerprint density at radius 1 is 1.10 bits per heavy atom. The summed E-state index contributed by atoms with van der Waals surface area (Å²) in [7, 11) is 0. The topological polar surface area (TPSA) is 94.3 Å². The van der Waals surface area contributed by atoms with Crippen LogP contribution in [-0.2, 0) is 20.9 Å². The highest BCUT2D eigenvalue weighted by atomic mass is 35.5. The summed E-state index contributed by atoms with van der Waals surface area (Å²) in [4.78, 5) is 27.7. The zero-order chi connectivity index (χ0) is 20.5. The maximum absolute atomic E-state index is 11.8. The van der Waals surface area contributed by atoms with E-state index in [0.717, 1.165) is 11.1 Å². The number of ether oxygens (including phenoxy) is 1.